The normalized spacial score (nSPS) is 12.3. The Kier molecular flexibility index (Phi) is 3.99. The van der Waals surface area contributed by atoms with E-state index >= 15 is 0 Å². The summed E-state index contributed by atoms with van der Waals surface area (Å²) in [6, 6.07) is 6.59. The average molecular weight is 282 g/mol. The minimum atomic E-state index is -1.60. The number of rotatable bonds is 3. The smallest absolute Gasteiger partial charge is 0.194 e. The topological polar surface area (TPSA) is 29.5 Å². The molecule has 0 fully saturated rings. The molecular formula is C15H13F3O2. The Morgan fingerprint density at radius 2 is 1.75 bits per heavy atom. The number of benzene rings is 2. The lowest BCUT2D eigenvalue weighted by Gasteiger charge is -2.15. The first-order chi connectivity index (χ1) is 9.45. The fourth-order valence-electron chi connectivity index (χ4n) is 1.94. The van der Waals surface area contributed by atoms with Gasteiger partial charge in [0.15, 0.2) is 17.5 Å². The van der Waals surface area contributed by atoms with Crippen LogP contribution in [0.4, 0.5) is 13.2 Å². The molecule has 106 valence electrons. The van der Waals surface area contributed by atoms with Crippen molar-refractivity contribution >= 4 is 0 Å². The Morgan fingerprint density at radius 1 is 1.05 bits per heavy atom. The number of methoxy groups -OCH3 is 1. The largest absolute Gasteiger partial charge is 0.496 e. The maximum absolute atomic E-state index is 13.7. The van der Waals surface area contributed by atoms with Crippen molar-refractivity contribution in [2.24, 2.45) is 0 Å². The summed E-state index contributed by atoms with van der Waals surface area (Å²) in [7, 11) is 1.47. The zero-order valence-corrected chi connectivity index (χ0v) is 11.0. The second-order valence-corrected chi connectivity index (χ2v) is 4.40. The van der Waals surface area contributed by atoms with Crippen molar-refractivity contribution in [1.29, 1.82) is 0 Å². The highest BCUT2D eigenvalue weighted by atomic mass is 19.2. The number of aryl methyl sites for hydroxylation is 1. The molecule has 0 aliphatic heterocycles. The summed E-state index contributed by atoms with van der Waals surface area (Å²) in [5.74, 6) is -3.76. The summed E-state index contributed by atoms with van der Waals surface area (Å²) >= 11 is 0. The van der Waals surface area contributed by atoms with Crippen LogP contribution in [0.5, 0.6) is 5.75 Å². The lowest BCUT2D eigenvalue weighted by Crippen LogP contribution is -2.06. The van der Waals surface area contributed by atoms with E-state index in [1.807, 2.05) is 6.92 Å². The fourth-order valence-corrected chi connectivity index (χ4v) is 1.94. The van der Waals surface area contributed by atoms with E-state index in [-0.39, 0.29) is 5.56 Å². The molecule has 2 aromatic carbocycles. The van der Waals surface area contributed by atoms with Crippen LogP contribution in [-0.2, 0) is 0 Å². The molecular weight excluding hydrogens is 269 g/mol. The van der Waals surface area contributed by atoms with Gasteiger partial charge in [0.25, 0.3) is 0 Å². The van der Waals surface area contributed by atoms with E-state index in [9.17, 15) is 18.3 Å². The molecule has 1 atom stereocenters. The molecule has 1 N–H and O–H groups in total. The van der Waals surface area contributed by atoms with Gasteiger partial charge in [-0.2, -0.15) is 0 Å². The molecule has 0 heterocycles. The van der Waals surface area contributed by atoms with Crippen LogP contribution in [0.3, 0.4) is 0 Å². The molecule has 0 saturated heterocycles. The monoisotopic (exact) mass is 282 g/mol. The minimum absolute atomic E-state index is 0.324. The van der Waals surface area contributed by atoms with Gasteiger partial charge in [-0.05, 0) is 30.2 Å². The summed E-state index contributed by atoms with van der Waals surface area (Å²) in [4.78, 5) is 0. The van der Waals surface area contributed by atoms with Gasteiger partial charge in [0.05, 0.1) is 7.11 Å². The van der Waals surface area contributed by atoms with E-state index in [4.69, 9.17) is 4.74 Å². The van der Waals surface area contributed by atoms with Crippen molar-refractivity contribution in [1.82, 2.24) is 0 Å². The van der Waals surface area contributed by atoms with Crippen LogP contribution >= 0.6 is 0 Å². The van der Waals surface area contributed by atoms with E-state index in [0.29, 0.717) is 11.3 Å². The predicted molar refractivity (Wildman–Crippen MR) is 68.1 cm³/mol. The molecule has 0 amide bonds. The van der Waals surface area contributed by atoms with E-state index < -0.39 is 23.6 Å². The zero-order chi connectivity index (χ0) is 14.9. The van der Waals surface area contributed by atoms with Gasteiger partial charge in [0, 0.05) is 5.56 Å². The number of hydrogen-bond acceptors (Lipinski definition) is 2. The van der Waals surface area contributed by atoms with Crippen LogP contribution in [0.2, 0.25) is 0 Å². The van der Waals surface area contributed by atoms with Crippen molar-refractivity contribution < 1.29 is 23.0 Å². The maximum atomic E-state index is 13.7. The lowest BCUT2D eigenvalue weighted by molar-refractivity contribution is 0.212. The van der Waals surface area contributed by atoms with Crippen LogP contribution in [-0.4, -0.2) is 12.2 Å². The third-order valence-corrected chi connectivity index (χ3v) is 3.11. The highest BCUT2D eigenvalue weighted by molar-refractivity contribution is 5.40. The summed E-state index contributed by atoms with van der Waals surface area (Å²) in [5, 5.41) is 10.1. The average Bonchev–Trinajstić information content (AvgIpc) is 2.45. The van der Waals surface area contributed by atoms with Crippen molar-refractivity contribution in [2.75, 3.05) is 7.11 Å². The van der Waals surface area contributed by atoms with Gasteiger partial charge < -0.3 is 9.84 Å². The van der Waals surface area contributed by atoms with E-state index in [2.05, 4.69) is 0 Å². The molecule has 0 spiro atoms. The van der Waals surface area contributed by atoms with Gasteiger partial charge in [0.1, 0.15) is 11.9 Å². The molecule has 2 nitrogen and oxygen atoms in total. The van der Waals surface area contributed by atoms with Gasteiger partial charge in [-0.25, -0.2) is 13.2 Å². The molecule has 0 radical (unpaired) electrons. The molecule has 2 aromatic rings. The van der Waals surface area contributed by atoms with E-state index in [0.717, 1.165) is 17.7 Å². The third kappa shape index (κ3) is 2.49. The zero-order valence-electron chi connectivity index (χ0n) is 11.0. The molecule has 0 aliphatic carbocycles. The molecule has 1 unspecified atom stereocenters. The van der Waals surface area contributed by atoms with Gasteiger partial charge >= 0.3 is 0 Å². The Morgan fingerprint density at radius 3 is 2.40 bits per heavy atom. The van der Waals surface area contributed by atoms with E-state index in [1.54, 1.807) is 12.1 Å². The number of aliphatic hydroxyl groups is 1. The quantitative estimate of drug-likeness (QED) is 0.873. The first-order valence-corrected chi connectivity index (χ1v) is 5.91. The molecule has 0 aliphatic rings. The highest BCUT2D eigenvalue weighted by Crippen LogP contribution is 2.30. The van der Waals surface area contributed by atoms with Crippen molar-refractivity contribution in [3.63, 3.8) is 0 Å². The van der Waals surface area contributed by atoms with Gasteiger partial charge in [0.2, 0.25) is 0 Å². The Labute approximate surface area is 114 Å². The summed E-state index contributed by atoms with van der Waals surface area (Å²) in [5.41, 5.74) is 0.848. The molecule has 5 heteroatoms. The first kappa shape index (κ1) is 14.4. The molecule has 2 rings (SSSR count). The fraction of sp³-hybridized carbons (Fsp3) is 0.200. The highest BCUT2D eigenvalue weighted by Gasteiger charge is 2.21. The third-order valence-electron chi connectivity index (χ3n) is 3.11. The van der Waals surface area contributed by atoms with Crippen LogP contribution in [0.15, 0.2) is 30.3 Å². The van der Waals surface area contributed by atoms with Gasteiger partial charge in [-0.3, -0.25) is 0 Å². The van der Waals surface area contributed by atoms with Crippen molar-refractivity contribution in [3.05, 3.63) is 64.5 Å². The summed E-state index contributed by atoms with van der Waals surface area (Å²) in [6.07, 6.45) is -1.40. The molecule has 0 saturated carbocycles. The number of halogens is 3. The Hall–Kier alpha value is -2.01. The van der Waals surface area contributed by atoms with Crippen LogP contribution < -0.4 is 4.74 Å². The SMILES string of the molecule is COc1cc(C(O)c2ccc(F)c(F)c2F)ccc1C. The molecule has 20 heavy (non-hydrogen) atoms. The number of hydrogen-bond donors (Lipinski definition) is 1. The maximum Gasteiger partial charge on any atom is 0.194 e. The summed E-state index contributed by atoms with van der Waals surface area (Å²) < 4.78 is 44.8. The van der Waals surface area contributed by atoms with Crippen molar-refractivity contribution in [2.45, 2.75) is 13.0 Å². The number of aliphatic hydroxyl groups excluding tert-OH is 1. The van der Waals surface area contributed by atoms with Gasteiger partial charge in [-0.1, -0.05) is 18.2 Å². The predicted octanol–water partition coefficient (Wildman–Crippen LogP) is 3.50. The first-order valence-electron chi connectivity index (χ1n) is 5.91. The second-order valence-electron chi connectivity index (χ2n) is 4.40. The Bertz CT molecular complexity index is 641. The van der Waals surface area contributed by atoms with Crippen LogP contribution in [0.1, 0.15) is 22.8 Å². The minimum Gasteiger partial charge on any atom is -0.496 e. The van der Waals surface area contributed by atoms with E-state index in [1.165, 1.54) is 13.2 Å². The summed E-state index contributed by atoms with van der Waals surface area (Å²) in [6.45, 7) is 1.81. The van der Waals surface area contributed by atoms with Crippen LogP contribution in [0, 0.1) is 24.4 Å². The standard InChI is InChI=1S/C15H13F3O2/c1-8-3-4-9(7-12(8)20-2)15(19)10-5-6-11(16)14(18)13(10)17/h3-7,15,19H,1-2H3. The number of ether oxygens (including phenoxy) is 1. The van der Waals surface area contributed by atoms with Crippen molar-refractivity contribution in [3.8, 4) is 5.75 Å². The van der Waals surface area contributed by atoms with Crippen LogP contribution in [0.25, 0.3) is 0 Å². The second kappa shape index (κ2) is 5.54. The molecule has 0 bridgehead atoms. The lowest BCUT2D eigenvalue weighted by atomic mass is 9.99. The molecule has 0 aromatic heterocycles. The Balaban J connectivity index is 2.46. The van der Waals surface area contributed by atoms with Gasteiger partial charge in [-0.15, -0.1) is 0 Å².